The van der Waals surface area contributed by atoms with Gasteiger partial charge in [0.15, 0.2) is 5.65 Å². The van der Waals surface area contributed by atoms with Crippen molar-refractivity contribution in [3.05, 3.63) is 11.5 Å². The molecule has 2 heterocycles. The molecule has 0 aliphatic carbocycles. The van der Waals surface area contributed by atoms with Crippen LogP contribution in [0.15, 0.2) is 0 Å². The first-order chi connectivity index (χ1) is 9.74. The van der Waals surface area contributed by atoms with Crippen molar-refractivity contribution < 1.29 is 13.2 Å². The summed E-state index contributed by atoms with van der Waals surface area (Å²) in [5.74, 6) is 0.594. The van der Waals surface area contributed by atoms with Gasteiger partial charge in [-0.15, -0.1) is 11.6 Å². The first-order valence-electron chi connectivity index (χ1n) is 6.89. The number of hydrogen-bond donors (Lipinski definition) is 0. The molecule has 4 nitrogen and oxygen atoms in total. The summed E-state index contributed by atoms with van der Waals surface area (Å²) in [5, 5.41) is 3.99. The molecule has 21 heavy (non-hydrogen) atoms. The average molecular weight is 323 g/mol. The zero-order chi connectivity index (χ0) is 15.8. The Morgan fingerprint density at radius 1 is 1.33 bits per heavy atom. The van der Waals surface area contributed by atoms with Crippen molar-refractivity contribution in [2.45, 2.75) is 58.3 Å². The predicted octanol–water partition coefficient (Wildman–Crippen LogP) is 4.20. The van der Waals surface area contributed by atoms with E-state index < -0.39 is 12.6 Å². The predicted molar refractivity (Wildman–Crippen MR) is 75.5 cm³/mol. The van der Waals surface area contributed by atoms with Crippen molar-refractivity contribution in [3.8, 4) is 0 Å². The summed E-state index contributed by atoms with van der Waals surface area (Å²) < 4.78 is 40.5. The smallest absolute Gasteiger partial charge is 0.312 e. The summed E-state index contributed by atoms with van der Waals surface area (Å²) in [5.41, 5.74) is 2.23. The van der Waals surface area contributed by atoms with Gasteiger partial charge in [-0.2, -0.15) is 18.3 Å². The van der Waals surface area contributed by atoms with Crippen LogP contribution >= 0.6 is 11.6 Å². The highest BCUT2D eigenvalue weighted by molar-refractivity contribution is 6.20. The third-order valence-electron chi connectivity index (χ3n) is 3.33. The molecule has 0 aliphatic rings. The monoisotopic (exact) mass is 322 g/mol. The Kier molecular flexibility index (Phi) is 4.51. The molecular formula is C13H18ClF3N4. The summed E-state index contributed by atoms with van der Waals surface area (Å²) >= 11 is 6.12. The molecule has 0 bridgehead atoms. The van der Waals surface area contributed by atoms with E-state index in [-0.39, 0.29) is 18.3 Å². The van der Waals surface area contributed by atoms with E-state index in [0.29, 0.717) is 17.9 Å². The number of nitrogens with zero attached hydrogens (tertiary/aromatic N) is 4. The van der Waals surface area contributed by atoms with Crippen LogP contribution in [0.3, 0.4) is 0 Å². The number of aromatic nitrogens is 4. The maximum absolute atomic E-state index is 12.3. The van der Waals surface area contributed by atoms with E-state index in [2.05, 4.69) is 10.1 Å². The number of imidazole rings is 1. The number of hydrogen-bond acceptors (Lipinski definition) is 2. The molecule has 0 spiro atoms. The highest BCUT2D eigenvalue weighted by atomic mass is 35.5. The van der Waals surface area contributed by atoms with Crippen LogP contribution in [0.25, 0.3) is 11.2 Å². The number of aryl methyl sites for hydroxylation is 3. The zero-order valence-electron chi connectivity index (χ0n) is 12.2. The maximum atomic E-state index is 12.3. The van der Waals surface area contributed by atoms with Gasteiger partial charge in [-0.05, 0) is 27.2 Å². The highest BCUT2D eigenvalue weighted by Gasteiger charge is 2.27. The third-order valence-corrected chi connectivity index (χ3v) is 3.52. The van der Waals surface area contributed by atoms with Crippen molar-refractivity contribution in [2.24, 2.45) is 0 Å². The van der Waals surface area contributed by atoms with Gasteiger partial charge in [0.1, 0.15) is 11.3 Å². The molecular weight excluding hydrogens is 305 g/mol. The molecule has 2 rings (SSSR count). The molecule has 0 saturated heterocycles. The standard InChI is InChI=1S/C13H18ClF3N4/c1-4-21-12-10(9(3)19-21)18-11(8(2)14)20(12)7-5-6-13(15,16)17/h8H,4-7H2,1-3H3. The quantitative estimate of drug-likeness (QED) is 0.773. The molecule has 2 aromatic heterocycles. The zero-order valence-corrected chi connectivity index (χ0v) is 13.0. The summed E-state index contributed by atoms with van der Waals surface area (Å²) in [7, 11) is 0. The van der Waals surface area contributed by atoms with E-state index in [0.717, 1.165) is 11.3 Å². The lowest BCUT2D eigenvalue weighted by atomic mass is 10.3. The average Bonchev–Trinajstić information content (AvgIpc) is 2.87. The molecule has 0 N–H and O–H groups in total. The van der Waals surface area contributed by atoms with Crippen LogP contribution in [0.4, 0.5) is 13.2 Å². The minimum atomic E-state index is -4.15. The third kappa shape index (κ3) is 3.33. The summed E-state index contributed by atoms with van der Waals surface area (Å²) in [6, 6.07) is 0. The van der Waals surface area contributed by atoms with Crippen molar-refractivity contribution in [2.75, 3.05) is 0 Å². The van der Waals surface area contributed by atoms with Gasteiger partial charge >= 0.3 is 6.18 Å². The van der Waals surface area contributed by atoms with Crippen LogP contribution in [0.2, 0.25) is 0 Å². The molecule has 0 radical (unpaired) electrons. The summed E-state index contributed by atoms with van der Waals surface area (Å²) in [6.07, 6.45) is -4.96. The number of alkyl halides is 4. The van der Waals surface area contributed by atoms with Gasteiger partial charge in [0.25, 0.3) is 0 Å². The lowest BCUT2D eigenvalue weighted by Gasteiger charge is -2.12. The van der Waals surface area contributed by atoms with Crippen molar-refractivity contribution in [1.82, 2.24) is 19.3 Å². The Morgan fingerprint density at radius 3 is 2.52 bits per heavy atom. The number of halogens is 4. The van der Waals surface area contributed by atoms with Crippen molar-refractivity contribution in [1.29, 1.82) is 0 Å². The Balaban J connectivity index is 2.40. The molecule has 8 heteroatoms. The molecule has 1 atom stereocenters. The van der Waals surface area contributed by atoms with Crippen LogP contribution < -0.4 is 0 Å². The van der Waals surface area contributed by atoms with Crippen LogP contribution in [-0.4, -0.2) is 25.5 Å². The first-order valence-corrected chi connectivity index (χ1v) is 7.32. The van der Waals surface area contributed by atoms with Gasteiger partial charge in [0.2, 0.25) is 0 Å². The van der Waals surface area contributed by atoms with Gasteiger partial charge in [-0.25, -0.2) is 9.67 Å². The van der Waals surface area contributed by atoms with E-state index in [9.17, 15) is 13.2 Å². The molecule has 0 fully saturated rings. The molecule has 0 saturated carbocycles. The fraction of sp³-hybridized carbons (Fsp3) is 0.692. The minimum absolute atomic E-state index is 0.000485. The maximum Gasteiger partial charge on any atom is 0.389 e. The Bertz CT molecular complexity index is 627. The SMILES string of the molecule is CCn1nc(C)c2nc(C(C)Cl)n(CCCC(F)(F)F)c21. The van der Waals surface area contributed by atoms with Crippen molar-refractivity contribution in [3.63, 3.8) is 0 Å². The number of fused-ring (bicyclic) bond motifs is 1. The van der Waals surface area contributed by atoms with Gasteiger partial charge in [0.05, 0.1) is 11.1 Å². The van der Waals surface area contributed by atoms with Gasteiger partial charge in [-0.3, -0.25) is 0 Å². The molecule has 2 aromatic rings. The Hall–Kier alpha value is -1.24. The molecule has 118 valence electrons. The Morgan fingerprint density at radius 2 is 2.00 bits per heavy atom. The molecule has 0 amide bonds. The van der Waals surface area contributed by atoms with E-state index in [4.69, 9.17) is 11.6 Å². The second-order valence-electron chi connectivity index (χ2n) is 5.03. The second kappa shape index (κ2) is 5.87. The lowest BCUT2D eigenvalue weighted by Crippen LogP contribution is -2.13. The highest BCUT2D eigenvalue weighted by Crippen LogP contribution is 2.28. The van der Waals surface area contributed by atoms with Gasteiger partial charge in [-0.1, -0.05) is 0 Å². The first kappa shape index (κ1) is 16.1. The largest absolute Gasteiger partial charge is 0.389 e. The van der Waals surface area contributed by atoms with Gasteiger partial charge < -0.3 is 4.57 Å². The summed E-state index contributed by atoms with van der Waals surface area (Å²) in [4.78, 5) is 4.46. The Labute approximate surface area is 125 Å². The molecule has 0 aromatic carbocycles. The second-order valence-corrected chi connectivity index (χ2v) is 5.68. The lowest BCUT2D eigenvalue weighted by molar-refractivity contribution is -0.135. The van der Waals surface area contributed by atoms with Crippen molar-refractivity contribution >= 4 is 22.8 Å². The molecule has 0 aliphatic heterocycles. The van der Waals surface area contributed by atoms with Crippen LogP contribution in [0.1, 0.15) is 43.6 Å². The summed E-state index contributed by atoms with van der Waals surface area (Å²) in [6.45, 7) is 6.40. The van der Waals surface area contributed by atoms with Crippen LogP contribution in [0.5, 0.6) is 0 Å². The fourth-order valence-corrected chi connectivity index (χ4v) is 2.59. The van der Waals surface area contributed by atoms with Gasteiger partial charge in [0, 0.05) is 19.5 Å². The van der Waals surface area contributed by atoms with E-state index in [1.165, 1.54) is 0 Å². The van der Waals surface area contributed by atoms with Crippen LogP contribution in [-0.2, 0) is 13.1 Å². The number of rotatable bonds is 5. The van der Waals surface area contributed by atoms with E-state index >= 15 is 0 Å². The molecule has 1 unspecified atom stereocenters. The van der Waals surface area contributed by atoms with Crippen LogP contribution in [0, 0.1) is 6.92 Å². The normalized spacial score (nSPS) is 14.0. The minimum Gasteiger partial charge on any atom is -0.312 e. The fourth-order valence-electron chi connectivity index (χ4n) is 2.42. The van der Waals surface area contributed by atoms with E-state index in [1.807, 2.05) is 13.8 Å². The van der Waals surface area contributed by atoms with E-state index in [1.54, 1.807) is 16.2 Å². The topological polar surface area (TPSA) is 35.6 Å².